The van der Waals surface area contributed by atoms with E-state index in [0.717, 1.165) is 18.3 Å². The first-order valence-corrected chi connectivity index (χ1v) is 4.55. The van der Waals surface area contributed by atoms with Crippen LogP contribution in [0.2, 0.25) is 0 Å². The third-order valence-electron chi connectivity index (χ3n) is 0.934. The van der Waals surface area contributed by atoms with E-state index in [0.29, 0.717) is 0 Å². The molecule has 46 valence electrons. The Labute approximate surface area is 67.2 Å². The third-order valence-corrected chi connectivity index (χ3v) is 2.91. The average molecular weight is 242 g/mol. The number of hydrogen-bond donors (Lipinski definition) is 0. The second kappa shape index (κ2) is 2.91. The summed E-state index contributed by atoms with van der Waals surface area (Å²) in [4.78, 5) is 4.23. The summed E-state index contributed by atoms with van der Waals surface area (Å²) in [5.74, 6) is 0. The molecule has 2 nitrogen and oxygen atoms in total. The van der Waals surface area contributed by atoms with Gasteiger partial charge in [0.15, 0.2) is 5.17 Å². The number of halogens is 1. The Bertz CT molecular complexity index is 115. The van der Waals surface area contributed by atoms with E-state index in [1.165, 1.54) is 0 Å². The summed E-state index contributed by atoms with van der Waals surface area (Å²) in [7, 11) is 0. The van der Waals surface area contributed by atoms with Crippen molar-refractivity contribution in [2.45, 2.75) is 0 Å². The molecule has 1 aliphatic heterocycles. The zero-order chi connectivity index (χ0) is 5.98. The Morgan fingerprint density at radius 2 is 2.62 bits per heavy atom. The minimum atomic E-state index is 0.971. The molecule has 0 aromatic carbocycles. The monoisotopic (exact) mass is 242 g/mol. The van der Waals surface area contributed by atoms with Gasteiger partial charge in [0.05, 0.1) is 29.4 Å². The maximum Gasteiger partial charge on any atom is 0.167 e. The number of nitrogens with zero attached hydrogens (tertiary/aromatic N) is 2. The largest absolute Gasteiger partial charge is 0.292 e. The van der Waals surface area contributed by atoms with Gasteiger partial charge in [-0.2, -0.15) is 0 Å². The molecule has 0 fully saturated rings. The fraction of sp³-hybridized carbons (Fsp3) is 0.750. The summed E-state index contributed by atoms with van der Waals surface area (Å²) in [5, 5.41) is 1.16. The lowest BCUT2D eigenvalue weighted by molar-refractivity contribution is 0.791. The van der Waals surface area contributed by atoms with Gasteiger partial charge in [-0.15, -0.1) is 0 Å². The van der Waals surface area contributed by atoms with Crippen molar-refractivity contribution in [1.82, 2.24) is 3.11 Å². The molecule has 1 heterocycles. The summed E-state index contributed by atoms with van der Waals surface area (Å²) in [6.07, 6.45) is 2.05. The summed E-state index contributed by atoms with van der Waals surface area (Å²) in [5.41, 5.74) is 0. The molecule has 0 N–H and O–H groups in total. The van der Waals surface area contributed by atoms with Crippen LogP contribution in [0.25, 0.3) is 0 Å². The Kier molecular flexibility index (Phi) is 2.43. The van der Waals surface area contributed by atoms with Crippen molar-refractivity contribution in [3.8, 4) is 0 Å². The Balaban J connectivity index is 2.49. The SMILES string of the molecule is CSC1=NCCN1I. The number of aliphatic imine (C=N–C) groups is 1. The Morgan fingerprint density at radius 3 is 2.88 bits per heavy atom. The molecule has 0 saturated heterocycles. The Morgan fingerprint density at radius 1 is 1.88 bits per heavy atom. The van der Waals surface area contributed by atoms with Gasteiger partial charge >= 0.3 is 0 Å². The van der Waals surface area contributed by atoms with Crippen molar-refractivity contribution in [2.24, 2.45) is 4.99 Å². The van der Waals surface area contributed by atoms with Crippen molar-refractivity contribution in [3.63, 3.8) is 0 Å². The third kappa shape index (κ3) is 1.28. The number of rotatable bonds is 0. The van der Waals surface area contributed by atoms with E-state index in [2.05, 4.69) is 37.2 Å². The van der Waals surface area contributed by atoms with Crippen LogP contribution >= 0.6 is 34.6 Å². The summed E-state index contributed by atoms with van der Waals surface area (Å²) in [6, 6.07) is 0. The standard InChI is InChI=1S/C4H7IN2S/c1-8-4-6-2-3-7(4)5/h2-3H2,1H3. The first-order valence-electron chi connectivity index (χ1n) is 2.36. The molecule has 0 aromatic rings. The maximum absolute atomic E-state index is 4.23. The Hall–Kier alpha value is 0.550. The molecular weight excluding hydrogens is 235 g/mol. The normalized spacial score (nSPS) is 19.2. The molecular formula is C4H7IN2S. The summed E-state index contributed by atoms with van der Waals surface area (Å²) in [6.45, 7) is 2.05. The van der Waals surface area contributed by atoms with Crippen LogP contribution in [-0.4, -0.2) is 27.6 Å². The summed E-state index contributed by atoms with van der Waals surface area (Å²) >= 11 is 3.98. The van der Waals surface area contributed by atoms with Gasteiger partial charge in [-0.1, -0.05) is 11.8 Å². The van der Waals surface area contributed by atoms with Crippen LogP contribution in [0.4, 0.5) is 0 Å². The molecule has 0 amide bonds. The number of amidine groups is 1. The minimum absolute atomic E-state index is 0.971. The van der Waals surface area contributed by atoms with Gasteiger partial charge in [-0.25, -0.2) is 0 Å². The highest BCUT2D eigenvalue weighted by molar-refractivity contribution is 14.1. The van der Waals surface area contributed by atoms with E-state index < -0.39 is 0 Å². The van der Waals surface area contributed by atoms with Crippen LogP contribution in [0, 0.1) is 0 Å². The maximum atomic E-state index is 4.23. The summed E-state index contributed by atoms with van der Waals surface area (Å²) < 4.78 is 2.14. The van der Waals surface area contributed by atoms with E-state index in [9.17, 15) is 0 Å². The van der Waals surface area contributed by atoms with Gasteiger partial charge in [0.2, 0.25) is 0 Å². The molecule has 0 aromatic heterocycles. The molecule has 0 saturated carbocycles. The van der Waals surface area contributed by atoms with E-state index in [4.69, 9.17) is 0 Å². The van der Waals surface area contributed by atoms with E-state index in [1.807, 2.05) is 0 Å². The van der Waals surface area contributed by atoms with Crippen molar-refractivity contribution in [1.29, 1.82) is 0 Å². The van der Waals surface area contributed by atoms with Crippen LogP contribution in [0.1, 0.15) is 0 Å². The fourth-order valence-electron chi connectivity index (χ4n) is 0.569. The van der Waals surface area contributed by atoms with Crippen LogP contribution in [0.15, 0.2) is 4.99 Å². The highest BCUT2D eigenvalue weighted by atomic mass is 127. The lowest BCUT2D eigenvalue weighted by Gasteiger charge is -2.06. The van der Waals surface area contributed by atoms with Gasteiger partial charge < -0.3 is 0 Å². The smallest absolute Gasteiger partial charge is 0.167 e. The molecule has 1 aliphatic rings. The number of thioether (sulfide) groups is 1. The highest BCUT2D eigenvalue weighted by Crippen LogP contribution is 2.14. The second-order valence-electron chi connectivity index (χ2n) is 1.45. The highest BCUT2D eigenvalue weighted by Gasteiger charge is 2.10. The predicted molar refractivity (Wildman–Crippen MR) is 46.5 cm³/mol. The molecule has 0 unspecified atom stereocenters. The van der Waals surface area contributed by atoms with Gasteiger partial charge in [0.25, 0.3) is 0 Å². The molecule has 0 atom stereocenters. The van der Waals surface area contributed by atoms with Crippen LogP contribution in [-0.2, 0) is 0 Å². The molecule has 8 heavy (non-hydrogen) atoms. The first-order chi connectivity index (χ1) is 3.84. The van der Waals surface area contributed by atoms with Crippen LogP contribution in [0.3, 0.4) is 0 Å². The van der Waals surface area contributed by atoms with Crippen molar-refractivity contribution < 1.29 is 0 Å². The van der Waals surface area contributed by atoms with Gasteiger partial charge in [-0.05, 0) is 6.26 Å². The zero-order valence-electron chi connectivity index (χ0n) is 4.59. The van der Waals surface area contributed by atoms with Gasteiger partial charge in [0.1, 0.15) is 0 Å². The predicted octanol–water partition coefficient (Wildman–Crippen LogP) is 1.37. The zero-order valence-corrected chi connectivity index (χ0v) is 7.57. The average Bonchev–Trinajstić information content (AvgIpc) is 2.14. The lowest BCUT2D eigenvalue weighted by atomic mass is 10.7. The lowest BCUT2D eigenvalue weighted by Crippen LogP contribution is -2.11. The second-order valence-corrected chi connectivity index (χ2v) is 3.39. The quantitative estimate of drug-likeness (QED) is 0.471. The minimum Gasteiger partial charge on any atom is -0.292 e. The van der Waals surface area contributed by atoms with Crippen molar-refractivity contribution in [3.05, 3.63) is 0 Å². The molecule has 4 heteroatoms. The fourth-order valence-corrected chi connectivity index (χ4v) is 2.04. The molecule has 0 aliphatic carbocycles. The molecule has 0 spiro atoms. The molecule has 0 radical (unpaired) electrons. The van der Waals surface area contributed by atoms with Crippen LogP contribution in [0.5, 0.6) is 0 Å². The molecule has 1 rings (SSSR count). The van der Waals surface area contributed by atoms with Gasteiger partial charge in [-0.3, -0.25) is 8.11 Å². The van der Waals surface area contributed by atoms with E-state index >= 15 is 0 Å². The van der Waals surface area contributed by atoms with Gasteiger partial charge in [0, 0.05) is 6.54 Å². The van der Waals surface area contributed by atoms with Crippen LogP contribution < -0.4 is 0 Å². The first kappa shape index (κ1) is 6.67. The topological polar surface area (TPSA) is 15.6 Å². The number of hydrogen-bond acceptors (Lipinski definition) is 3. The molecule has 0 bridgehead atoms. The van der Waals surface area contributed by atoms with E-state index in [-0.39, 0.29) is 0 Å². The van der Waals surface area contributed by atoms with Crippen molar-refractivity contribution in [2.75, 3.05) is 19.3 Å². The van der Waals surface area contributed by atoms with Crippen molar-refractivity contribution >= 4 is 39.8 Å². The van der Waals surface area contributed by atoms with E-state index in [1.54, 1.807) is 11.8 Å².